The molecule has 0 unspecified atom stereocenters. The fourth-order valence-electron chi connectivity index (χ4n) is 4.36. The van der Waals surface area contributed by atoms with Crippen molar-refractivity contribution in [2.75, 3.05) is 53.5 Å². The zero-order valence-electron chi connectivity index (χ0n) is 20.1. The van der Waals surface area contributed by atoms with Crippen LogP contribution in [0.5, 0.6) is 0 Å². The Morgan fingerprint density at radius 2 is 1.75 bits per heavy atom. The molecule has 0 saturated carbocycles. The Bertz CT molecular complexity index is 1290. The molecule has 2 aliphatic rings. The van der Waals surface area contributed by atoms with E-state index in [0.717, 1.165) is 21.9 Å². The highest BCUT2D eigenvalue weighted by Crippen LogP contribution is 2.40. The highest BCUT2D eigenvalue weighted by atomic mass is 79.9. The van der Waals surface area contributed by atoms with Crippen LogP contribution in [0.3, 0.4) is 0 Å². The SMILES string of the molecule is CN(C)S(=O)(=O)c1ccc(/C(O)=C2\C(=O)C(=O)N(CCN3CCOCC3)[C@@H]2c2cccc(Br)c2)cc1. The number of hydrogen-bond acceptors (Lipinski definition) is 7. The average Bonchev–Trinajstić information content (AvgIpc) is 3.12. The number of morpholine rings is 1. The standard InChI is InChI=1S/C25H28BrN3O6S/c1-27(2)36(33,34)20-8-6-17(7-9-20)23(30)21-22(18-4-3-5-19(26)16-18)29(25(32)24(21)31)11-10-28-12-14-35-15-13-28/h3-9,16,22,30H,10-15H2,1-2H3/b23-21+/t22-/m1/s1. The first-order valence-electron chi connectivity index (χ1n) is 11.5. The maximum Gasteiger partial charge on any atom is 0.295 e. The molecule has 1 N–H and O–H groups in total. The fourth-order valence-corrected chi connectivity index (χ4v) is 5.68. The number of hydrogen-bond donors (Lipinski definition) is 1. The Labute approximate surface area is 219 Å². The Morgan fingerprint density at radius 3 is 2.36 bits per heavy atom. The van der Waals surface area contributed by atoms with Crippen LogP contribution >= 0.6 is 15.9 Å². The first kappa shape index (κ1) is 26.5. The molecule has 2 aromatic carbocycles. The lowest BCUT2D eigenvalue weighted by Crippen LogP contribution is -2.42. The van der Waals surface area contributed by atoms with Crippen molar-refractivity contribution in [2.45, 2.75) is 10.9 Å². The van der Waals surface area contributed by atoms with Crippen LogP contribution in [-0.4, -0.2) is 92.8 Å². The summed E-state index contributed by atoms with van der Waals surface area (Å²) in [5, 5.41) is 11.2. The van der Waals surface area contributed by atoms with E-state index in [1.54, 1.807) is 0 Å². The number of sulfonamides is 1. The summed E-state index contributed by atoms with van der Waals surface area (Å²) in [7, 11) is -0.795. The number of likely N-dealkylation sites (tertiary alicyclic amines) is 1. The number of nitrogens with zero attached hydrogens (tertiary/aromatic N) is 3. The predicted octanol–water partition coefficient (Wildman–Crippen LogP) is 2.45. The largest absolute Gasteiger partial charge is 0.507 e. The third kappa shape index (κ3) is 5.25. The Morgan fingerprint density at radius 1 is 1.08 bits per heavy atom. The van der Waals surface area contributed by atoms with Gasteiger partial charge in [-0.1, -0.05) is 28.1 Å². The van der Waals surface area contributed by atoms with Crippen LogP contribution in [0.15, 0.2) is 63.5 Å². The van der Waals surface area contributed by atoms with Crippen LogP contribution in [0.2, 0.25) is 0 Å². The minimum Gasteiger partial charge on any atom is -0.507 e. The van der Waals surface area contributed by atoms with Crippen LogP contribution < -0.4 is 0 Å². The number of amides is 1. The van der Waals surface area contributed by atoms with E-state index in [1.165, 1.54) is 43.3 Å². The summed E-state index contributed by atoms with van der Waals surface area (Å²) < 4.78 is 32.1. The zero-order valence-corrected chi connectivity index (χ0v) is 22.5. The van der Waals surface area contributed by atoms with Gasteiger partial charge in [0.25, 0.3) is 11.7 Å². The minimum atomic E-state index is -3.66. The summed E-state index contributed by atoms with van der Waals surface area (Å²) >= 11 is 3.45. The minimum absolute atomic E-state index is 0.0247. The molecule has 1 atom stereocenters. The molecule has 2 saturated heterocycles. The quantitative estimate of drug-likeness (QED) is 0.306. The van der Waals surface area contributed by atoms with Gasteiger partial charge in [-0.3, -0.25) is 14.5 Å². The summed E-state index contributed by atoms with van der Waals surface area (Å²) in [6, 6.07) is 12.1. The molecule has 1 amide bonds. The lowest BCUT2D eigenvalue weighted by Gasteiger charge is -2.31. The van der Waals surface area contributed by atoms with E-state index >= 15 is 0 Å². The summed E-state index contributed by atoms with van der Waals surface area (Å²) in [6.45, 7) is 3.60. The highest BCUT2D eigenvalue weighted by molar-refractivity contribution is 9.10. The number of aliphatic hydroxyl groups is 1. The number of ketones is 1. The highest BCUT2D eigenvalue weighted by Gasteiger charge is 2.46. The third-order valence-electron chi connectivity index (χ3n) is 6.37. The molecule has 2 fully saturated rings. The van der Waals surface area contributed by atoms with E-state index < -0.39 is 27.8 Å². The number of aliphatic hydroxyl groups excluding tert-OH is 1. The molecule has 2 heterocycles. The summed E-state index contributed by atoms with van der Waals surface area (Å²) in [4.78, 5) is 30.1. The van der Waals surface area contributed by atoms with E-state index in [1.807, 2.05) is 24.3 Å². The molecule has 2 aliphatic heterocycles. The van der Waals surface area contributed by atoms with Gasteiger partial charge in [-0.15, -0.1) is 0 Å². The van der Waals surface area contributed by atoms with Gasteiger partial charge in [0.2, 0.25) is 10.0 Å². The van der Waals surface area contributed by atoms with Gasteiger partial charge in [0.1, 0.15) is 5.76 Å². The Hall–Kier alpha value is -2.57. The Balaban J connectivity index is 1.73. The van der Waals surface area contributed by atoms with E-state index in [-0.39, 0.29) is 21.8 Å². The lowest BCUT2D eigenvalue weighted by atomic mass is 9.95. The first-order valence-corrected chi connectivity index (χ1v) is 13.7. The molecule has 4 rings (SSSR count). The number of ether oxygens (including phenoxy) is 1. The molecular weight excluding hydrogens is 550 g/mol. The van der Waals surface area contributed by atoms with Crippen LogP contribution in [0.1, 0.15) is 17.2 Å². The van der Waals surface area contributed by atoms with Gasteiger partial charge in [-0.2, -0.15) is 0 Å². The van der Waals surface area contributed by atoms with Crippen LogP contribution in [0, 0.1) is 0 Å². The molecule has 0 radical (unpaired) electrons. The molecule has 9 nitrogen and oxygen atoms in total. The van der Waals surface area contributed by atoms with Crippen molar-refractivity contribution in [1.82, 2.24) is 14.1 Å². The van der Waals surface area contributed by atoms with Crippen molar-refractivity contribution < 1.29 is 27.9 Å². The van der Waals surface area contributed by atoms with Crippen molar-refractivity contribution >= 4 is 43.4 Å². The molecule has 0 aromatic heterocycles. The molecule has 192 valence electrons. The van der Waals surface area contributed by atoms with Gasteiger partial charge in [0.05, 0.1) is 29.7 Å². The maximum absolute atomic E-state index is 13.2. The second-order valence-electron chi connectivity index (χ2n) is 8.81. The average molecular weight is 578 g/mol. The molecule has 36 heavy (non-hydrogen) atoms. The smallest absolute Gasteiger partial charge is 0.295 e. The summed E-state index contributed by atoms with van der Waals surface area (Å²) in [5.41, 5.74) is 0.904. The van der Waals surface area contributed by atoms with Crippen molar-refractivity contribution in [3.8, 4) is 0 Å². The number of carbonyl (C=O) groups excluding carboxylic acids is 2. The second kappa shape index (κ2) is 10.8. The van der Waals surface area contributed by atoms with Gasteiger partial charge >= 0.3 is 0 Å². The number of rotatable bonds is 7. The van der Waals surface area contributed by atoms with Gasteiger partial charge in [0, 0.05) is 50.3 Å². The Kier molecular flexibility index (Phi) is 7.96. The molecule has 11 heteroatoms. The van der Waals surface area contributed by atoms with Gasteiger partial charge in [0.15, 0.2) is 0 Å². The monoisotopic (exact) mass is 577 g/mol. The predicted molar refractivity (Wildman–Crippen MR) is 138 cm³/mol. The van der Waals surface area contributed by atoms with Crippen LogP contribution in [0.25, 0.3) is 5.76 Å². The molecule has 0 bridgehead atoms. The zero-order chi connectivity index (χ0) is 26.0. The fraction of sp³-hybridized carbons (Fsp3) is 0.360. The van der Waals surface area contributed by atoms with Crippen molar-refractivity contribution in [3.05, 3.63) is 69.7 Å². The molecule has 0 aliphatic carbocycles. The third-order valence-corrected chi connectivity index (χ3v) is 8.69. The molecular formula is C25H28BrN3O6S. The summed E-state index contributed by atoms with van der Waals surface area (Å²) in [5.74, 6) is -1.80. The van der Waals surface area contributed by atoms with Gasteiger partial charge in [-0.05, 0) is 42.0 Å². The van der Waals surface area contributed by atoms with Crippen molar-refractivity contribution in [2.24, 2.45) is 0 Å². The van der Waals surface area contributed by atoms with Crippen LogP contribution in [0.4, 0.5) is 0 Å². The molecule has 2 aromatic rings. The first-order chi connectivity index (χ1) is 17.1. The van der Waals surface area contributed by atoms with E-state index in [9.17, 15) is 23.1 Å². The normalized spacial score (nSPS) is 20.9. The van der Waals surface area contributed by atoms with E-state index in [0.29, 0.717) is 31.9 Å². The number of benzene rings is 2. The number of carbonyl (C=O) groups is 2. The van der Waals surface area contributed by atoms with Crippen LogP contribution in [-0.2, 0) is 24.3 Å². The summed E-state index contributed by atoms with van der Waals surface area (Å²) in [6.07, 6.45) is 0. The van der Waals surface area contributed by atoms with Gasteiger partial charge in [-0.25, -0.2) is 12.7 Å². The van der Waals surface area contributed by atoms with Gasteiger partial charge < -0.3 is 14.7 Å². The van der Waals surface area contributed by atoms with E-state index in [4.69, 9.17) is 4.74 Å². The molecule has 0 spiro atoms. The maximum atomic E-state index is 13.2. The second-order valence-corrected chi connectivity index (χ2v) is 11.9. The topological polar surface area (TPSA) is 107 Å². The van der Waals surface area contributed by atoms with Crippen molar-refractivity contribution in [3.63, 3.8) is 0 Å². The van der Waals surface area contributed by atoms with E-state index in [2.05, 4.69) is 20.8 Å². The van der Waals surface area contributed by atoms with Crippen molar-refractivity contribution in [1.29, 1.82) is 0 Å². The lowest BCUT2D eigenvalue weighted by molar-refractivity contribution is -0.140. The number of Topliss-reactive ketones (excluding diaryl/α,β-unsaturated/α-hetero) is 1. The number of halogens is 1.